The molecule has 6 nitrogen and oxygen atoms in total. The largest absolute Gasteiger partial charge is 0.484 e. The number of nitriles is 1. The summed E-state index contributed by atoms with van der Waals surface area (Å²) in [4.78, 5) is 12.2. The van der Waals surface area contributed by atoms with E-state index in [2.05, 4.69) is 21.6 Å². The van der Waals surface area contributed by atoms with E-state index in [0.717, 1.165) is 20.7 Å². The number of anilines is 1. The van der Waals surface area contributed by atoms with E-state index in [1.165, 1.54) is 23.1 Å². The lowest BCUT2D eigenvalue weighted by Crippen LogP contribution is -2.20. The summed E-state index contributed by atoms with van der Waals surface area (Å²) in [6, 6.07) is 23.2. The molecule has 0 aliphatic rings. The Labute approximate surface area is 181 Å². The van der Waals surface area contributed by atoms with Gasteiger partial charge in [-0.25, -0.2) is 0 Å². The minimum atomic E-state index is -0.289. The van der Waals surface area contributed by atoms with Gasteiger partial charge in [0, 0.05) is 5.75 Å². The summed E-state index contributed by atoms with van der Waals surface area (Å²) >= 11 is 2.84. The van der Waals surface area contributed by atoms with Gasteiger partial charge in [0.1, 0.15) is 5.75 Å². The predicted octanol–water partition coefficient (Wildman–Crippen LogP) is 4.87. The van der Waals surface area contributed by atoms with Crippen molar-refractivity contribution in [2.45, 2.75) is 10.1 Å². The van der Waals surface area contributed by atoms with Crippen LogP contribution in [0, 0.1) is 11.3 Å². The Balaban J connectivity index is 1.27. The summed E-state index contributed by atoms with van der Waals surface area (Å²) < 4.78 is 6.35. The summed E-state index contributed by atoms with van der Waals surface area (Å²) in [7, 11) is 0. The molecule has 30 heavy (non-hydrogen) atoms. The van der Waals surface area contributed by atoms with Gasteiger partial charge >= 0.3 is 0 Å². The lowest BCUT2D eigenvalue weighted by Gasteiger charge is -2.06. The Bertz CT molecular complexity index is 1220. The predicted molar refractivity (Wildman–Crippen MR) is 119 cm³/mol. The van der Waals surface area contributed by atoms with Crippen LogP contribution in [0.25, 0.3) is 10.8 Å². The topological polar surface area (TPSA) is 87.9 Å². The molecule has 148 valence electrons. The lowest BCUT2D eigenvalue weighted by atomic mass is 10.1. The molecule has 0 atom stereocenters. The van der Waals surface area contributed by atoms with Gasteiger partial charge in [-0.1, -0.05) is 65.6 Å². The van der Waals surface area contributed by atoms with Gasteiger partial charge in [0.15, 0.2) is 10.9 Å². The quantitative estimate of drug-likeness (QED) is 0.331. The standard InChI is InChI=1S/C22H16N4O2S2/c23-12-15-5-7-16(8-6-15)14-29-22-26-25-21(30-22)24-20(27)13-28-19-10-9-17-3-1-2-4-18(17)11-19/h1-11H,13-14H2,(H,24,25,27). The van der Waals surface area contributed by atoms with Crippen molar-refractivity contribution in [3.05, 3.63) is 77.9 Å². The van der Waals surface area contributed by atoms with Gasteiger partial charge in [-0.15, -0.1) is 10.2 Å². The normalized spacial score (nSPS) is 10.5. The molecule has 1 N–H and O–H groups in total. The van der Waals surface area contributed by atoms with Crippen molar-refractivity contribution in [1.29, 1.82) is 5.26 Å². The van der Waals surface area contributed by atoms with E-state index in [-0.39, 0.29) is 12.5 Å². The minimum Gasteiger partial charge on any atom is -0.484 e. The molecule has 0 spiro atoms. The maximum Gasteiger partial charge on any atom is 0.264 e. The lowest BCUT2D eigenvalue weighted by molar-refractivity contribution is -0.118. The number of amides is 1. The number of benzene rings is 3. The molecule has 4 aromatic rings. The molecule has 1 heterocycles. The molecule has 8 heteroatoms. The SMILES string of the molecule is N#Cc1ccc(CSc2nnc(NC(=O)COc3ccc4ccccc4c3)s2)cc1. The summed E-state index contributed by atoms with van der Waals surface area (Å²) in [5, 5.41) is 22.3. The zero-order valence-electron chi connectivity index (χ0n) is 15.7. The molecular weight excluding hydrogens is 416 g/mol. The molecule has 0 radical (unpaired) electrons. The third kappa shape index (κ3) is 5.14. The number of rotatable bonds is 7. The summed E-state index contributed by atoms with van der Waals surface area (Å²) in [6.07, 6.45) is 0. The van der Waals surface area contributed by atoms with Crippen LogP contribution in [-0.2, 0) is 10.5 Å². The van der Waals surface area contributed by atoms with E-state index in [4.69, 9.17) is 10.00 Å². The molecule has 0 bridgehead atoms. The van der Waals surface area contributed by atoms with Gasteiger partial charge in [-0.3, -0.25) is 10.1 Å². The zero-order chi connectivity index (χ0) is 20.8. The van der Waals surface area contributed by atoms with Crippen LogP contribution < -0.4 is 10.1 Å². The Hall–Kier alpha value is -3.41. The zero-order valence-corrected chi connectivity index (χ0v) is 17.4. The summed E-state index contributed by atoms with van der Waals surface area (Å²) in [6.45, 7) is -0.106. The molecular formula is C22H16N4O2S2. The van der Waals surface area contributed by atoms with E-state index in [1.807, 2.05) is 54.6 Å². The molecule has 0 unspecified atom stereocenters. The smallest absolute Gasteiger partial charge is 0.264 e. The molecule has 1 amide bonds. The van der Waals surface area contributed by atoms with Crippen LogP contribution in [0.4, 0.5) is 5.13 Å². The van der Waals surface area contributed by atoms with Crippen molar-refractivity contribution in [3.8, 4) is 11.8 Å². The van der Waals surface area contributed by atoms with Crippen molar-refractivity contribution in [1.82, 2.24) is 10.2 Å². The first-order chi connectivity index (χ1) is 14.7. The monoisotopic (exact) mass is 432 g/mol. The number of carbonyl (C=O) groups is 1. The molecule has 0 fully saturated rings. The van der Waals surface area contributed by atoms with Gasteiger partial charge in [-0.2, -0.15) is 5.26 Å². The number of thioether (sulfide) groups is 1. The first-order valence-corrected chi connectivity index (χ1v) is 10.9. The average Bonchev–Trinajstić information content (AvgIpc) is 3.23. The highest BCUT2D eigenvalue weighted by Gasteiger charge is 2.10. The number of fused-ring (bicyclic) bond motifs is 1. The van der Waals surface area contributed by atoms with E-state index in [0.29, 0.717) is 22.2 Å². The molecule has 4 rings (SSSR count). The van der Waals surface area contributed by atoms with Crippen LogP contribution in [0.5, 0.6) is 5.75 Å². The van der Waals surface area contributed by atoms with Crippen molar-refractivity contribution in [2.75, 3.05) is 11.9 Å². The number of nitrogens with zero attached hydrogens (tertiary/aromatic N) is 3. The fraction of sp³-hybridized carbons (Fsp3) is 0.0909. The fourth-order valence-electron chi connectivity index (χ4n) is 2.70. The van der Waals surface area contributed by atoms with Crippen molar-refractivity contribution < 1.29 is 9.53 Å². The van der Waals surface area contributed by atoms with Crippen LogP contribution in [0.3, 0.4) is 0 Å². The van der Waals surface area contributed by atoms with Crippen LogP contribution in [0.1, 0.15) is 11.1 Å². The average molecular weight is 433 g/mol. The highest BCUT2D eigenvalue weighted by atomic mass is 32.2. The second-order valence-corrected chi connectivity index (χ2v) is 8.52. The third-order valence-electron chi connectivity index (χ3n) is 4.19. The van der Waals surface area contributed by atoms with Crippen molar-refractivity contribution in [3.63, 3.8) is 0 Å². The number of nitrogens with one attached hydrogen (secondary N) is 1. The van der Waals surface area contributed by atoms with Crippen LogP contribution in [0.15, 0.2) is 71.1 Å². The molecule has 0 aliphatic carbocycles. The van der Waals surface area contributed by atoms with Crippen LogP contribution in [0.2, 0.25) is 0 Å². The fourth-order valence-corrected chi connectivity index (χ4v) is 4.42. The number of carbonyl (C=O) groups excluding carboxylic acids is 1. The Morgan fingerprint density at radius 1 is 1.07 bits per heavy atom. The van der Waals surface area contributed by atoms with Crippen LogP contribution >= 0.6 is 23.1 Å². The molecule has 0 aliphatic heterocycles. The summed E-state index contributed by atoms with van der Waals surface area (Å²) in [5.74, 6) is 1.06. The highest BCUT2D eigenvalue weighted by Crippen LogP contribution is 2.28. The first kappa shape index (κ1) is 19.9. The number of ether oxygens (including phenoxy) is 1. The Kier molecular flexibility index (Phi) is 6.23. The molecule has 0 saturated heterocycles. The highest BCUT2D eigenvalue weighted by molar-refractivity contribution is 8.00. The van der Waals surface area contributed by atoms with Crippen LogP contribution in [-0.4, -0.2) is 22.7 Å². The summed E-state index contributed by atoms with van der Waals surface area (Å²) in [5.41, 5.74) is 1.72. The van der Waals surface area contributed by atoms with Gasteiger partial charge in [0.05, 0.1) is 11.6 Å². The number of hydrogen-bond acceptors (Lipinski definition) is 7. The van der Waals surface area contributed by atoms with Gasteiger partial charge in [0.2, 0.25) is 5.13 Å². The van der Waals surface area contributed by atoms with E-state index < -0.39 is 0 Å². The van der Waals surface area contributed by atoms with E-state index >= 15 is 0 Å². The number of hydrogen-bond donors (Lipinski definition) is 1. The maximum absolute atomic E-state index is 12.2. The van der Waals surface area contributed by atoms with Gasteiger partial charge < -0.3 is 4.74 Å². The Morgan fingerprint density at radius 2 is 1.87 bits per heavy atom. The molecule has 3 aromatic carbocycles. The maximum atomic E-state index is 12.2. The number of aromatic nitrogens is 2. The third-order valence-corrected chi connectivity index (χ3v) is 6.23. The second kappa shape index (κ2) is 9.39. The minimum absolute atomic E-state index is 0.106. The van der Waals surface area contributed by atoms with Crippen molar-refractivity contribution in [2.24, 2.45) is 0 Å². The van der Waals surface area contributed by atoms with Gasteiger partial charge in [0.25, 0.3) is 5.91 Å². The van der Waals surface area contributed by atoms with E-state index in [1.54, 1.807) is 12.1 Å². The van der Waals surface area contributed by atoms with Gasteiger partial charge in [-0.05, 0) is 40.6 Å². The second-order valence-electron chi connectivity index (χ2n) is 6.32. The Morgan fingerprint density at radius 3 is 2.67 bits per heavy atom. The molecule has 1 aromatic heterocycles. The van der Waals surface area contributed by atoms with E-state index in [9.17, 15) is 4.79 Å². The van der Waals surface area contributed by atoms with Crippen molar-refractivity contribution >= 4 is 44.9 Å². The molecule has 0 saturated carbocycles. The first-order valence-electron chi connectivity index (χ1n) is 9.06.